The molecule has 1 amide bonds. The number of hydrogen-bond acceptors (Lipinski definition) is 7. The molecule has 234 valence electrons. The summed E-state index contributed by atoms with van der Waals surface area (Å²) in [6.45, 7) is 0.928. The van der Waals surface area contributed by atoms with Crippen LogP contribution in [0.5, 0.6) is 0 Å². The van der Waals surface area contributed by atoms with Gasteiger partial charge in [0.1, 0.15) is 17.3 Å². The first-order chi connectivity index (χ1) is 22.0. The van der Waals surface area contributed by atoms with Crippen LogP contribution in [-0.4, -0.2) is 49.1 Å². The van der Waals surface area contributed by atoms with Gasteiger partial charge in [-0.15, -0.1) is 0 Å². The van der Waals surface area contributed by atoms with Gasteiger partial charge >= 0.3 is 5.69 Å². The van der Waals surface area contributed by atoms with Crippen LogP contribution in [0.15, 0.2) is 70.5 Å². The third kappa shape index (κ3) is 5.90. The van der Waals surface area contributed by atoms with Gasteiger partial charge in [-0.2, -0.15) is 11.8 Å². The molecule has 7 rings (SSSR count). The summed E-state index contributed by atoms with van der Waals surface area (Å²) in [6.07, 6.45) is 8.86. The Labute approximate surface area is 264 Å². The smallest absolute Gasteiger partial charge is 0.333 e. The minimum atomic E-state index is -0.596. The van der Waals surface area contributed by atoms with Crippen molar-refractivity contribution in [2.75, 3.05) is 23.0 Å². The summed E-state index contributed by atoms with van der Waals surface area (Å²) in [4.78, 5) is 51.8. The summed E-state index contributed by atoms with van der Waals surface area (Å²) in [7, 11) is 0. The van der Waals surface area contributed by atoms with Crippen molar-refractivity contribution in [3.63, 3.8) is 0 Å². The highest BCUT2D eigenvalue weighted by molar-refractivity contribution is 7.99. The number of rotatable bonds is 6. The number of nitrogens with one attached hydrogen (secondary N) is 1. The molecule has 2 saturated heterocycles. The molecule has 3 fully saturated rings. The Morgan fingerprint density at radius 2 is 1.62 bits per heavy atom. The van der Waals surface area contributed by atoms with Crippen LogP contribution in [-0.2, 0) is 0 Å². The molecule has 45 heavy (non-hydrogen) atoms. The second kappa shape index (κ2) is 12.8. The average molecular weight is 629 g/mol. The fourth-order valence-corrected chi connectivity index (χ4v) is 8.38. The monoisotopic (exact) mass is 628 g/mol. The molecule has 5 heterocycles. The molecule has 1 aliphatic carbocycles. The number of aromatic nitrogens is 4. The molecule has 1 N–H and O–H groups in total. The largest absolute Gasteiger partial charge is 0.350 e. The molecular weight excluding hydrogens is 591 g/mol. The molecule has 3 aliphatic rings. The SMILES string of the molecule is O=C(NC1CCC(n2c(=O)c3cc(F)cnc3n(C3CCSCC3)c2=O)CC1)c1ccc(N2CCCC2c2ccccc2)nc1. The summed E-state index contributed by atoms with van der Waals surface area (Å²) in [6, 6.07) is 15.2. The number of halogens is 1. The van der Waals surface area contributed by atoms with Crippen LogP contribution in [0.25, 0.3) is 11.0 Å². The van der Waals surface area contributed by atoms with Crippen molar-refractivity contribution in [3.8, 4) is 0 Å². The van der Waals surface area contributed by atoms with E-state index in [1.165, 1.54) is 16.2 Å². The second-order valence-electron chi connectivity index (χ2n) is 12.3. The highest BCUT2D eigenvalue weighted by Gasteiger charge is 2.30. The van der Waals surface area contributed by atoms with E-state index in [-0.39, 0.29) is 46.8 Å². The first kappa shape index (κ1) is 29.7. The summed E-state index contributed by atoms with van der Waals surface area (Å²) < 4.78 is 17.2. The number of carbonyl (C=O) groups is 1. The van der Waals surface area contributed by atoms with Crippen molar-refractivity contribution in [1.29, 1.82) is 0 Å². The standard InChI is InChI=1S/C34H37FN6O3S/c35-24-19-28-31(37-21-24)40(27-14-17-45-18-15-27)34(44)41(33(28)43)26-11-9-25(10-12-26)38-32(42)23-8-13-30(36-20-23)39-16-4-7-29(39)22-5-2-1-3-6-22/h1-3,5-6,8,13,19-21,25-27,29H,4,7,9-12,14-18H2,(H,38,42). The van der Waals surface area contributed by atoms with Gasteiger partial charge in [-0.05, 0) is 86.6 Å². The third-order valence-corrected chi connectivity index (χ3v) is 10.7. The van der Waals surface area contributed by atoms with E-state index in [1.807, 2.05) is 30.0 Å². The van der Waals surface area contributed by atoms with Crippen molar-refractivity contribution in [3.05, 3.63) is 98.7 Å². The number of pyridine rings is 2. The van der Waals surface area contributed by atoms with Crippen LogP contribution < -0.4 is 21.5 Å². The minimum absolute atomic E-state index is 0.0728. The molecule has 0 radical (unpaired) electrons. The first-order valence-electron chi connectivity index (χ1n) is 16.0. The predicted molar refractivity (Wildman–Crippen MR) is 175 cm³/mol. The summed E-state index contributed by atoms with van der Waals surface area (Å²) in [5, 5.41) is 3.28. The fraction of sp³-hybridized carbons (Fsp3) is 0.441. The number of benzene rings is 1. The molecule has 2 aliphatic heterocycles. The van der Waals surface area contributed by atoms with E-state index >= 15 is 0 Å². The van der Waals surface area contributed by atoms with E-state index in [4.69, 9.17) is 0 Å². The molecule has 1 aromatic carbocycles. The number of fused-ring (bicyclic) bond motifs is 1. The van der Waals surface area contributed by atoms with E-state index < -0.39 is 11.4 Å². The maximum absolute atomic E-state index is 14.2. The maximum Gasteiger partial charge on any atom is 0.333 e. The van der Waals surface area contributed by atoms with Crippen LogP contribution in [0.1, 0.15) is 85.4 Å². The summed E-state index contributed by atoms with van der Waals surface area (Å²) in [5.41, 5.74) is 1.19. The van der Waals surface area contributed by atoms with Gasteiger partial charge in [-0.1, -0.05) is 30.3 Å². The zero-order chi connectivity index (χ0) is 30.9. The van der Waals surface area contributed by atoms with Gasteiger partial charge in [0.15, 0.2) is 0 Å². The number of amides is 1. The van der Waals surface area contributed by atoms with Gasteiger partial charge in [0.05, 0.1) is 23.2 Å². The molecule has 0 spiro atoms. The average Bonchev–Trinajstić information content (AvgIpc) is 3.57. The fourth-order valence-electron chi connectivity index (χ4n) is 7.30. The Morgan fingerprint density at radius 1 is 0.867 bits per heavy atom. The Balaban J connectivity index is 1.04. The van der Waals surface area contributed by atoms with Crippen LogP contribution in [0.4, 0.5) is 10.2 Å². The van der Waals surface area contributed by atoms with Gasteiger partial charge in [0.25, 0.3) is 11.5 Å². The van der Waals surface area contributed by atoms with Crippen molar-refractivity contribution >= 4 is 34.5 Å². The van der Waals surface area contributed by atoms with Crippen molar-refractivity contribution in [2.45, 2.75) is 75.5 Å². The molecule has 4 aromatic rings. The van der Waals surface area contributed by atoms with Crippen LogP contribution >= 0.6 is 11.8 Å². The number of nitrogens with zero attached hydrogens (tertiary/aromatic N) is 5. The van der Waals surface area contributed by atoms with E-state index in [0.29, 0.717) is 31.2 Å². The maximum atomic E-state index is 14.2. The predicted octanol–water partition coefficient (Wildman–Crippen LogP) is 5.42. The quantitative estimate of drug-likeness (QED) is 0.305. The normalized spacial score (nSPS) is 22.5. The Kier molecular flexibility index (Phi) is 8.44. The van der Waals surface area contributed by atoms with E-state index in [0.717, 1.165) is 55.7 Å². The van der Waals surface area contributed by atoms with Crippen LogP contribution in [0, 0.1) is 5.82 Å². The van der Waals surface area contributed by atoms with Crippen LogP contribution in [0.2, 0.25) is 0 Å². The van der Waals surface area contributed by atoms with E-state index in [1.54, 1.807) is 10.8 Å². The highest BCUT2D eigenvalue weighted by Crippen LogP contribution is 2.35. The van der Waals surface area contributed by atoms with Gasteiger partial charge in [0, 0.05) is 30.9 Å². The lowest BCUT2D eigenvalue weighted by Gasteiger charge is -2.31. The van der Waals surface area contributed by atoms with E-state index in [9.17, 15) is 18.8 Å². The van der Waals surface area contributed by atoms with Crippen molar-refractivity contribution in [1.82, 2.24) is 24.4 Å². The van der Waals surface area contributed by atoms with Gasteiger partial charge in [0.2, 0.25) is 0 Å². The molecule has 0 bridgehead atoms. The molecule has 9 nitrogen and oxygen atoms in total. The van der Waals surface area contributed by atoms with E-state index in [2.05, 4.69) is 44.5 Å². The lowest BCUT2D eigenvalue weighted by Crippen LogP contribution is -2.46. The van der Waals surface area contributed by atoms with Gasteiger partial charge in [-0.3, -0.25) is 18.7 Å². The molecule has 1 saturated carbocycles. The summed E-state index contributed by atoms with van der Waals surface area (Å²) in [5.74, 6) is 1.94. The molecule has 1 atom stereocenters. The lowest BCUT2D eigenvalue weighted by atomic mass is 9.90. The highest BCUT2D eigenvalue weighted by atomic mass is 32.2. The minimum Gasteiger partial charge on any atom is -0.350 e. The number of carbonyl (C=O) groups excluding carboxylic acids is 1. The topological polar surface area (TPSA) is 102 Å². The molecule has 1 unspecified atom stereocenters. The molecule has 11 heteroatoms. The summed E-state index contributed by atoms with van der Waals surface area (Å²) >= 11 is 1.85. The first-order valence-corrected chi connectivity index (χ1v) is 17.1. The van der Waals surface area contributed by atoms with Gasteiger partial charge in [-0.25, -0.2) is 19.2 Å². The Bertz CT molecular complexity index is 1800. The molecular formula is C34H37FN6O3S. The zero-order valence-corrected chi connectivity index (χ0v) is 25.9. The Hall–Kier alpha value is -3.99. The Morgan fingerprint density at radius 3 is 2.36 bits per heavy atom. The van der Waals surface area contributed by atoms with Crippen molar-refractivity contribution in [2.24, 2.45) is 0 Å². The lowest BCUT2D eigenvalue weighted by molar-refractivity contribution is 0.0921. The number of hydrogen-bond donors (Lipinski definition) is 1. The number of anilines is 1. The zero-order valence-electron chi connectivity index (χ0n) is 25.1. The number of thioether (sulfide) groups is 1. The third-order valence-electron chi connectivity index (χ3n) is 9.62. The molecule has 3 aromatic heterocycles. The van der Waals surface area contributed by atoms with Gasteiger partial charge < -0.3 is 10.2 Å². The van der Waals surface area contributed by atoms with Crippen LogP contribution in [0.3, 0.4) is 0 Å². The van der Waals surface area contributed by atoms with Crippen molar-refractivity contribution < 1.29 is 9.18 Å². The second-order valence-corrected chi connectivity index (χ2v) is 13.6.